The molecule has 0 saturated heterocycles. The summed E-state index contributed by atoms with van der Waals surface area (Å²) in [6.07, 6.45) is 0.528. The Labute approximate surface area is 179 Å². The molecule has 162 valence electrons. The van der Waals surface area contributed by atoms with Gasteiger partial charge < -0.3 is 14.8 Å². The van der Waals surface area contributed by atoms with Crippen LogP contribution in [0.4, 0.5) is 0 Å². The van der Waals surface area contributed by atoms with Gasteiger partial charge in [-0.1, -0.05) is 23.2 Å². The standard InChI is InChI=1S/C17H22Cl2N2O7S/c1-3-27-16(23)5-4-8-20-15(22)10-28-17(24)11(2)21-29(25,26)12-6-7-13(18)14(19)9-12/h6-7,9,11,21H,3-5,8,10H2,1-2H3,(H,20,22)/t11-/m0/s1. The van der Waals surface area contributed by atoms with E-state index in [-0.39, 0.29) is 40.5 Å². The number of nitrogens with one attached hydrogen (secondary N) is 2. The van der Waals surface area contributed by atoms with Gasteiger partial charge in [0.15, 0.2) is 6.61 Å². The highest BCUT2D eigenvalue weighted by Crippen LogP contribution is 2.24. The molecule has 0 bridgehead atoms. The van der Waals surface area contributed by atoms with Gasteiger partial charge in [-0.05, 0) is 38.5 Å². The molecule has 0 saturated carbocycles. The lowest BCUT2D eigenvalue weighted by molar-refractivity contribution is -0.149. The van der Waals surface area contributed by atoms with Gasteiger partial charge in [0.05, 0.1) is 21.5 Å². The highest BCUT2D eigenvalue weighted by atomic mass is 35.5. The molecule has 0 aliphatic rings. The molecule has 1 aromatic rings. The van der Waals surface area contributed by atoms with Gasteiger partial charge in [-0.3, -0.25) is 14.4 Å². The second-order valence-corrected chi connectivity index (χ2v) is 8.31. The molecule has 0 aliphatic carbocycles. The van der Waals surface area contributed by atoms with Crippen LogP contribution in [0.1, 0.15) is 26.7 Å². The van der Waals surface area contributed by atoms with E-state index in [2.05, 4.69) is 10.0 Å². The largest absolute Gasteiger partial charge is 0.466 e. The van der Waals surface area contributed by atoms with Gasteiger partial charge in [0.25, 0.3) is 5.91 Å². The van der Waals surface area contributed by atoms with Crippen LogP contribution in [0.25, 0.3) is 0 Å². The van der Waals surface area contributed by atoms with Crippen LogP contribution in [0.15, 0.2) is 23.1 Å². The number of esters is 2. The van der Waals surface area contributed by atoms with E-state index < -0.39 is 34.5 Å². The van der Waals surface area contributed by atoms with Crippen LogP contribution in [-0.2, 0) is 33.9 Å². The van der Waals surface area contributed by atoms with Gasteiger partial charge in [-0.15, -0.1) is 0 Å². The summed E-state index contributed by atoms with van der Waals surface area (Å²) >= 11 is 11.6. The molecule has 9 nitrogen and oxygen atoms in total. The zero-order chi connectivity index (χ0) is 22.0. The quantitative estimate of drug-likeness (QED) is 0.373. The molecule has 12 heteroatoms. The van der Waals surface area contributed by atoms with Gasteiger partial charge in [0.1, 0.15) is 6.04 Å². The molecule has 0 spiro atoms. The normalized spacial score (nSPS) is 12.1. The lowest BCUT2D eigenvalue weighted by atomic mass is 10.3. The van der Waals surface area contributed by atoms with Gasteiger partial charge in [-0.2, -0.15) is 4.72 Å². The molecule has 1 aromatic carbocycles. The van der Waals surface area contributed by atoms with E-state index >= 15 is 0 Å². The van der Waals surface area contributed by atoms with Gasteiger partial charge >= 0.3 is 11.9 Å². The molecule has 0 aliphatic heterocycles. The van der Waals surface area contributed by atoms with Crippen molar-refractivity contribution in [3.63, 3.8) is 0 Å². The molecule has 2 N–H and O–H groups in total. The van der Waals surface area contributed by atoms with Crippen LogP contribution >= 0.6 is 23.2 Å². The van der Waals surface area contributed by atoms with Crippen LogP contribution in [0.3, 0.4) is 0 Å². The summed E-state index contributed by atoms with van der Waals surface area (Å²) in [6, 6.07) is 2.45. The summed E-state index contributed by atoms with van der Waals surface area (Å²) in [4.78, 5) is 34.6. The van der Waals surface area contributed by atoms with Crippen molar-refractivity contribution in [3.8, 4) is 0 Å². The summed E-state index contributed by atoms with van der Waals surface area (Å²) < 4.78 is 36.2. The molecule has 0 radical (unpaired) electrons. The average molecular weight is 469 g/mol. The Balaban J connectivity index is 2.42. The van der Waals surface area contributed by atoms with Crippen LogP contribution in [0.2, 0.25) is 10.0 Å². The number of rotatable bonds is 11. The van der Waals surface area contributed by atoms with E-state index in [1.165, 1.54) is 19.1 Å². The Hall–Kier alpha value is -1.88. The third kappa shape index (κ3) is 8.99. The molecular formula is C17H22Cl2N2O7S. The van der Waals surface area contributed by atoms with E-state index in [0.29, 0.717) is 6.42 Å². The summed E-state index contributed by atoms with van der Waals surface area (Å²) in [5, 5.41) is 2.70. The van der Waals surface area contributed by atoms with Gasteiger partial charge in [0.2, 0.25) is 10.0 Å². The molecule has 0 unspecified atom stereocenters. The van der Waals surface area contributed by atoms with Crippen molar-refractivity contribution in [2.24, 2.45) is 0 Å². The molecular weight excluding hydrogens is 447 g/mol. The number of benzene rings is 1. The number of ether oxygens (including phenoxy) is 2. The predicted molar refractivity (Wildman–Crippen MR) is 106 cm³/mol. The summed E-state index contributed by atoms with van der Waals surface area (Å²) in [5.41, 5.74) is 0. The Morgan fingerprint density at radius 3 is 2.45 bits per heavy atom. The summed E-state index contributed by atoms with van der Waals surface area (Å²) in [6.45, 7) is 2.87. The predicted octanol–water partition coefficient (Wildman–Crippen LogP) is 1.66. The Bertz CT molecular complexity index is 846. The number of carbonyl (C=O) groups is 3. The lowest BCUT2D eigenvalue weighted by Gasteiger charge is -2.14. The maximum absolute atomic E-state index is 12.3. The number of halogens is 2. The minimum Gasteiger partial charge on any atom is -0.466 e. The fourth-order valence-corrected chi connectivity index (χ4v) is 3.58. The summed E-state index contributed by atoms with van der Waals surface area (Å²) in [5.74, 6) is -1.88. The zero-order valence-corrected chi connectivity index (χ0v) is 18.2. The SMILES string of the molecule is CCOC(=O)CCCNC(=O)COC(=O)[C@H](C)NS(=O)(=O)c1ccc(Cl)c(Cl)c1. The monoisotopic (exact) mass is 468 g/mol. The van der Waals surface area contributed by atoms with Crippen molar-refractivity contribution >= 4 is 51.1 Å². The molecule has 0 fully saturated rings. The molecule has 29 heavy (non-hydrogen) atoms. The molecule has 1 rings (SSSR count). The second kappa shape index (κ2) is 12.0. The van der Waals surface area contributed by atoms with Crippen molar-refractivity contribution in [3.05, 3.63) is 28.2 Å². The fraction of sp³-hybridized carbons (Fsp3) is 0.471. The van der Waals surface area contributed by atoms with Crippen molar-refractivity contribution in [2.75, 3.05) is 19.8 Å². The summed E-state index contributed by atoms with van der Waals surface area (Å²) in [7, 11) is -4.05. The van der Waals surface area contributed by atoms with Crippen LogP contribution in [0.5, 0.6) is 0 Å². The first-order chi connectivity index (χ1) is 13.6. The minimum absolute atomic E-state index is 0.0457. The first-order valence-electron chi connectivity index (χ1n) is 8.63. The van der Waals surface area contributed by atoms with E-state index in [1.807, 2.05) is 0 Å². The average Bonchev–Trinajstić information content (AvgIpc) is 2.65. The highest BCUT2D eigenvalue weighted by molar-refractivity contribution is 7.89. The molecule has 1 amide bonds. The van der Waals surface area contributed by atoms with Crippen molar-refractivity contribution in [2.45, 2.75) is 37.6 Å². The Kier molecular flexibility index (Phi) is 10.4. The van der Waals surface area contributed by atoms with Crippen LogP contribution < -0.4 is 10.0 Å². The third-order valence-corrected chi connectivity index (χ3v) is 5.69. The van der Waals surface area contributed by atoms with E-state index in [9.17, 15) is 22.8 Å². The first kappa shape index (κ1) is 25.2. The maximum Gasteiger partial charge on any atom is 0.324 e. The van der Waals surface area contributed by atoms with Crippen molar-refractivity contribution in [1.29, 1.82) is 0 Å². The van der Waals surface area contributed by atoms with E-state index in [0.717, 1.165) is 6.07 Å². The van der Waals surface area contributed by atoms with Gasteiger partial charge in [-0.25, -0.2) is 8.42 Å². The number of amides is 1. The van der Waals surface area contributed by atoms with Crippen LogP contribution in [-0.4, -0.2) is 52.1 Å². The van der Waals surface area contributed by atoms with Crippen LogP contribution in [0, 0.1) is 0 Å². The highest BCUT2D eigenvalue weighted by Gasteiger charge is 2.24. The smallest absolute Gasteiger partial charge is 0.324 e. The Morgan fingerprint density at radius 1 is 1.14 bits per heavy atom. The maximum atomic E-state index is 12.3. The molecule has 0 heterocycles. The number of sulfonamides is 1. The minimum atomic E-state index is -4.05. The number of carbonyl (C=O) groups excluding carboxylic acids is 3. The number of hydrogen-bond acceptors (Lipinski definition) is 7. The fourth-order valence-electron chi connectivity index (χ4n) is 2.00. The van der Waals surface area contributed by atoms with E-state index in [4.69, 9.17) is 32.7 Å². The third-order valence-electron chi connectivity index (χ3n) is 3.42. The number of hydrogen-bond donors (Lipinski definition) is 2. The topological polar surface area (TPSA) is 128 Å². The Morgan fingerprint density at radius 2 is 1.83 bits per heavy atom. The van der Waals surface area contributed by atoms with Crippen molar-refractivity contribution < 1.29 is 32.3 Å². The van der Waals surface area contributed by atoms with E-state index in [1.54, 1.807) is 6.92 Å². The molecule has 1 atom stereocenters. The zero-order valence-electron chi connectivity index (χ0n) is 15.9. The molecule has 0 aromatic heterocycles. The van der Waals surface area contributed by atoms with Crippen molar-refractivity contribution in [1.82, 2.24) is 10.0 Å². The first-order valence-corrected chi connectivity index (χ1v) is 10.9. The second-order valence-electron chi connectivity index (χ2n) is 5.79. The lowest BCUT2D eigenvalue weighted by Crippen LogP contribution is -2.41. The van der Waals surface area contributed by atoms with Gasteiger partial charge in [0, 0.05) is 13.0 Å².